The first-order valence-corrected chi connectivity index (χ1v) is 2.51. The van der Waals surface area contributed by atoms with Crippen molar-refractivity contribution in [3.05, 3.63) is 0 Å². The van der Waals surface area contributed by atoms with E-state index in [2.05, 4.69) is 37.9 Å². The summed E-state index contributed by atoms with van der Waals surface area (Å²) in [6.07, 6.45) is 0. The number of hydrogen-bond acceptors (Lipinski definition) is 6. The van der Waals surface area contributed by atoms with E-state index in [9.17, 15) is 0 Å². The van der Waals surface area contributed by atoms with Gasteiger partial charge in [-0.3, -0.25) is 0 Å². The van der Waals surface area contributed by atoms with Gasteiger partial charge in [-0.2, -0.15) is 0 Å². The van der Waals surface area contributed by atoms with E-state index in [1.807, 2.05) is 0 Å². The van der Waals surface area contributed by atoms with Gasteiger partial charge < -0.3 is 44.0 Å². The fraction of sp³-hybridized carbons (Fsp3) is 0. The van der Waals surface area contributed by atoms with Gasteiger partial charge in [0.15, 0.2) is 0 Å². The summed E-state index contributed by atoms with van der Waals surface area (Å²) in [5.74, 6) is 0. The SMILES string of the molecule is N#C[S-].N#C[S-].N#C[S-].[Co+2].[NH4+]. The van der Waals surface area contributed by atoms with Crippen LogP contribution in [-0.4, -0.2) is 0 Å². The summed E-state index contributed by atoms with van der Waals surface area (Å²) >= 11 is 11.1. The minimum atomic E-state index is 0. The fourth-order valence-corrected chi connectivity index (χ4v) is 0. The van der Waals surface area contributed by atoms with E-state index in [1.54, 1.807) is 0 Å². The van der Waals surface area contributed by atoms with Gasteiger partial charge in [0.05, 0.1) is 0 Å². The van der Waals surface area contributed by atoms with Crippen LogP contribution in [0, 0.1) is 32.0 Å². The Morgan fingerprint density at radius 2 is 0.727 bits per heavy atom. The molecule has 0 aromatic heterocycles. The minimum absolute atomic E-state index is 0. The van der Waals surface area contributed by atoms with Crippen LogP contribution in [0.5, 0.6) is 0 Å². The van der Waals surface area contributed by atoms with Crippen LogP contribution < -0.4 is 6.15 Å². The van der Waals surface area contributed by atoms with Crippen molar-refractivity contribution in [2.45, 2.75) is 0 Å². The second-order valence-corrected chi connectivity index (χ2v) is 0.822. The number of quaternary nitrogens is 1. The van der Waals surface area contributed by atoms with Crippen LogP contribution in [0.25, 0.3) is 0 Å². The smallest absolute Gasteiger partial charge is 0.696 e. The predicted octanol–water partition coefficient (Wildman–Crippen LogP) is 0.417. The van der Waals surface area contributed by atoms with Crippen LogP contribution in [0.1, 0.15) is 0 Å². The van der Waals surface area contributed by atoms with Crippen molar-refractivity contribution >= 4 is 37.9 Å². The summed E-state index contributed by atoms with van der Waals surface area (Å²) < 4.78 is 0. The molecule has 0 aromatic rings. The standard InChI is InChI=1S/3CHNS.Co.H3N/c3*2-1-3;;/h3*3H;;1H3/q;;;+2;/p-2. The summed E-state index contributed by atoms with van der Waals surface area (Å²) in [4.78, 5) is 0. The molecule has 0 saturated heterocycles. The number of nitriles is 3. The quantitative estimate of drug-likeness (QED) is 0.493. The Balaban J connectivity index is -0.0000000150. The normalized spacial score (nSPS) is 1.91. The van der Waals surface area contributed by atoms with Gasteiger partial charge in [-0.15, -0.1) is 0 Å². The van der Waals surface area contributed by atoms with Crippen LogP contribution in [0.4, 0.5) is 0 Å². The largest absolute Gasteiger partial charge is 2.00 e. The Morgan fingerprint density at radius 1 is 0.727 bits per heavy atom. The maximum atomic E-state index is 7.13. The molecule has 0 aromatic carbocycles. The molecule has 4 N–H and O–H groups in total. The Morgan fingerprint density at radius 3 is 0.727 bits per heavy atom. The monoisotopic (exact) mass is 251 g/mol. The molecule has 0 aliphatic heterocycles. The van der Waals surface area contributed by atoms with Crippen molar-refractivity contribution in [3.63, 3.8) is 0 Å². The van der Waals surface area contributed by atoms with Crippen molar-refractivity contribution in [1.82, 2.24) is 6.15 Å². The van der Waals surface area contributed by atoms with Crippen LogP contribution >= 0.6 is 0 Å². The number of nitrogens with zero attached hydrogens (tertiary/aromatic N) is 3. The number of thiocyanates is 3. The van der Waals surface area contributed by atoms with Gasteiger partial charge in [-0.25, -0.2) is 15.8 Å². The Bertz CT molecular complexity index is 114. The molecule has 0 fully saturated rings. The average Bonchev–Trinajstić information content (AvgIpc) is 1.70. The molecule has 0 atom stereocenters. The topological polar surface area (TPSA) is 108 Å². The first kappa shape index (κ1) is 31.2. The molecular weight excluding hydrogens is 247 g/mol. The van der Waals surface area contributed by atoms with E-state index in [4.69, 9.17) is 15.8 Å². The molecular formula is C3H4CoN4S3. The maximum Gasteiger partial charge on any atom is 2.00 e. The second kappa shape index (κ2) is 105. The van der Waals surface area contributed by atoms with Crippen LogP contribution in [0.15, 0.2) is 0 Å². The number of hydrogen-bond donors (Lipinski definition) is 1. The van der Waals surface area contributed by atoms with E-state index >= 15 is 0 Å². The Kier molecular flexibility index (Phi) is 298. The summed E-state index contributed by atoms with van der Waals surface area (Å²) in [5, 5.41) is 25.4. The summed E-state index contributed by atoms with van der Waals surface area (Å²) in [7, 11) is 0. The molecule has 0 unspecified atom stereocenters. The van der Waals surface area contributed by atoms with Crippen LogP contribution in [-0.2, 0) is 54.7 Å². The first-order chi connectivity index (χ1) is 4.24. The molecule has 0 spiro atoms. The third kappa shape index (κ3) is 3400. The van der Waals surface area contributed by atoms with Gasteiger partial charge in [0, 0.05) is 0 Å². The van der Waals surface area contributed by atoms with E-state index < -0.39 is 0 Å². The molecule has 0 saturated carbocycles. The van der Waals surface area contributed by atoms with Crippen molar-refractivity contribution < 1.29 is 16.8 Å². The van der Waals surface area contributed by atoms with Gasteiger partial charge in [0.1, 0.15) is 0 Å². The van der Waals surface area contributed by atoms with Crippen molar-refractivity contribution in [3.8, 4) is 16.2 Å². The molecule has 0 aliphatic carbocycles. The third-order valence-corrected chi connectivity index (χ3v) is 0. The Labute approximate surface area is 92.6 Å². The molecule has 63 valence electrons. The van der Waals surface area contributed by atoms with Crippen molar-refractivity contribution in [2.75, 3.05) is 0 Å². The number of rotatable bonds is 0. The van der Waals surface area contributed by atoms with Gasteiger partial charge in [-0.1, -0.05) is 16.2 Å². The summed E-state index contributed by atoms with van der Waals surface area (Å²) in [5.41, 5.74) is 0. The zero-order valence-electron chi connectivity index (χ0n) is 5.40. The molecule has 0 aliphatic rings. The van der Waals surface area contributed by atoms with E-state index in [1.165, 1.54) is 16.2 Å². The van der Waals surface area contributed by atoms with Crippen LogP contribution in [0.3, 0.4) is 0 Å². The molecule has 0 bridgehead atoms. The minimum Gasteiger partial charge on any atom is -0.696 e. The first-order valence-electron chi connectivity index (χ1n) is 1.28. The Hall–Kier alpha value is -0.404. The maximum absolute atomic E-state index is 7.13. The van der Waals surface area contributed by atoms with Crippen molar-refractivity contribution in [1.29, 1.82) is 15.8 Å². The van der Waals surface area contributed by atoms with E-state index in [-0.39, 0.29) is 22.9 Å². The van der Waals surface area contributed by atoms with Gasteiger partial charge in [0.25, 0.3) is 0 Å². The van der Waals surface area contributed by atoms with E-state index in [0.29, 0.717) is 0 Å². The van der Waals surface area contributed by atoms with E-state index in [0.717, 1.165) is 0 Å². The zero-order valence-corrected chi connectivity index (χ0v) is 8.89. The van der Waals surface area contributed by atoms with Crippen molar-refractivity contribution in [2.24, 2.45) is 0 Å². The van der Waals surface area contributed by atoms with Gasteiger partial charge in [-0.05, 0) is 0 Å². The molecule has 4 nitrogen and oxygen atoms in total. The van der Waals surface area contributed by atoms with Gasteiger partial charge in [0.2, 0.25) is 0 Å². The second-order valence-electron chi connectivity index (χ2n) is 0.274. The summed E-state index contributed by atoms with van der Waals surface area (Å²) in [6, 6.07) is 0. The van der Waals surface area contributed by atoms with Crippen LogP contribution in [0.2, 0.25) is 0 Å². The molecule has 0 amide bonds. The molecule has 0 heterocycles. The predicted molar refractivity (Wildman–Crippen MR) is 44.9 cm³/mol. The molecule has 0 rings (SSSR count). The fourth-order valence-electron chi connectivity index (χ4n) is 0. The molecule has 1 radical (unpaired) electrons. The molecule has 8 heteroatoms. The zero-order chi connectivity index (χ0) is 8.12. The third-order valence-electron chi connectivity index (χ3n) is 0. The summed E-state index contributed by atoms with van der Waals surface area (Å²) in [6.45, 7) is 0. The molecule has 11 heavy (non-hydrogen) atoms. The van der Waals surface area contributed by atoms with Gasteiger partial charge >= 0.3 is 16.8 Å². The average molecular weight is 251 g/mol.